The van der Waals surface area contributed by atoms with E-state index in [1.54, 1.807) is 0 Å². The highest BCUT2D eigenvalue weighted by molar-refractivity contribution is 5.75. The largest absolute Gasteiger partial charge is 0.457 e. The second-order valence-corrected chi connectivity index (χ2v) is 6.92. The molecular formula is C24H23NO2. The Morgan fingerprint density at radius 3 is 2.00 bits per heavy atom. The molecule has 3 heteroatoms. The van der Waals surface area contributed by atoms with Crippen molar-refractivity contribution >= 4 is 11.7 Å². The molecule has 1 aliphatic heterocycles. The van der Waals surface area contributed by atoms with E-state index in [9.17, 15) is 4.79 Å². The number of hydrogen-bond acceptors (Lipinski definition) is 3. The molecule has 1 heterocycles. The van der Waals surface area contributed by atoms with Crippen molar-refractivity contribution in [3.8, 4) is 0 Å². The number of nitrogens with one attached hydrogen (secondary N) is 1. The summed E-state index contributed by atoms with van der Waals surface area (Å²) in [4.78, 5) is 12.9. The van der Waals surface area contributed by atoms with Gasteiger partial charge in [-0.25, -0.2) is 0 Å². The van der Waals surface area contributed by atoms with Crippen LogP contribution in [0.4, 0.5) is 5.69 Å². The Hall–Kier alpha value is -3.07. The van der Waals surface area contributed by atoms with Crippen LogP contribution in [0.25, 0.3) is 0 Å². The van der Waals surface area contributed by atoms with Gasteiger partial charge >= 0.3 is 5.97 Å². The molecule has 0 radical (unpaired) electrons. The average molecular weight is 357 g/mol. The normalized spacial score (nSPS) is 20.5. The van der Waals surface area contributed by atoms with Gasteiger partial charge in [-0.2, -0.15) is 0 Å². The van der Waals surface area contributed by atoms with Gasteiger partial charge < -0.3 is 10.1 Å². The van der Waals surface area contributed by atoms with Crippen molar-refractivity contribution in [2.45, 2.75) is 25.0 Å². The van der Waals surface area contributed by atoms with Gasteiger partial charge in [0, 0.05) is 5.69 Å². The zero-order valence-electron chi connectivity index (χ0n) is 15.1. The van der Waals surface area contributed by atoms with Crippen molar-refractivity contribution in [1.82, 2.24) is 0 Å². The lowest BCUT2D eigenvalue weighted by Gasteiger charge is -2.34. The van der Waals surface area contributed by atoms with Crippen LogP contribution in [0.5, 0.6) is 0 Å². The molecule has 1 aliphatic rings. The van der Waals surface area contributed by atoms with Gasteiger partial charge in [-0.15, -0.1) is 0 Å². The fourth-order valence-electron chi connectivity index (χ4n) is 3.73. The minimum Gasteiger partial charge on any atom is -0.457 e. The third-order valence-electron chi connectivity index (χ3n) is 5.13. The first-order chi connectivity index (χ1) is 13.3. The molecule has 0 aromatic heterocycles. The first-order valence-corrected chi connectivity index (χ1v) is 9.43. The van der Waals surface area contributed by atoms with E-state index in [-0.39, 0.29) is 24.0 Å². The van der Waals surface area contributed by atoms with Gasteiger partial charge in [0.25, 0.3) is 0 Å². The zero-order valence-corrected chi connectivity index (χ0v) is 15.1. The number of benzene rings is 3. The molecule has 3 atom stereocenters. The summed E-state index contributed by atoms with van der Waals surface area (Å²) < 4.78 is 5.85. The fraction of sp³-hybridized carbons (Fsp3) is 0.208. The van der Waals surface area contributed by atoms with Crippen LogP contribution in [0.2, 0.25) is 0 Å². The van der Waals surface area contributed by atoms with Crippen LogP contribution < -0.4 is 5.32 Å². The Morgan fingerprint density at radius 1 is 0.778 bits per heavy atom. The number of esters is 1. The van der Waals surface area contributed by atoms with Crippen LogP contribution in [0.15, 0.2) is 91.0 Å². The van der Waals surface area contributed by atoms with Crippen LogP contribution in [0.3, 0.4) is 0 Å². The lowest BCUT2D eigenvalue weighted by Crippen LogP contribution is -2.34. The highest BCUT2D eigenvalue weighted by Crippen LogP contribution is 2.38. The van der Waals surface area contributed by atoms with Crippen LogP contribution in [0, 0.1) is 5.92 Å². The minimum absolute atomic E-state index is 0.113. The van der Waals surface area contributed by atoms with Gasteiger partial charge in [0.1, 0.15) is 6.10 Å². The van der Waals surface area contributed by atoms with Gasteiger partial charge in [-0.05, 0) is 36.1 Å². The summed E-state index contributed by atoms with van der Waals surface area (Å²) in [6.07, 6.45) is 1.47. The summed E-state index contributed by atoms with van der Waals surface area (Å²) in [6, 6.07) is 30.1. The molecule has 0 spiro atoms. The van der Waals surface area contributed by atoms with Crippen molar-refractivity contribution in [3.05, 3.63) is 102 Å². The topological polar surface area (TPSA) is 38.3 Å². The first-order valence-electron chi connectivity index (χ1n) is 9.43. The third-order valence-corrected chi connectivity index (χ3v) is 5.13. The average Bonchev–Trinajstić information content (AvgIpc) is 2.74. The van der Waals surface area contributed by atoms with E-state index >= 15 is 0 Å². The second kappa shape index (κ2) is 8.09. The molecule has 1 saturated heterocycles. The molecule has 136 valence electrons. The number of anilines is 1. The predicted molar refractivity (Wildman–Crippen MR) is 107 cm³/mol. The Labute approximate surface area is 160 Å². The van der Waals surface area contributed by atoms with Gasteiger partial charge in [0.2, 0.25) is 0 Å². The van der Waals surface area contributed by atoms with Gasteiger partial charge in [-0.1, -0.05) is 78.9 Å². The number of carbonyl (C=O) groups is 1. The number of ether oxygens (including phenoxy) is 1. The summed E-state index contributed by atoms with van der Waals surface area (Å²) in [5.41, 5.74) is 3.17. The van der Waals surface area contributed by atoms with Crippen molar-refractivity contribution in [2.24, 2.45) is 5.92 Å². The fourth-order valence-corrected chi connectivity index (χ4v) is 3.73. The Kier molecular flexibility index (Phi) is 5.20. The summed E-state index contributed by atoms with van der Waals surface area (Å²) in [6.45, 7) is 0. The Morgan fingerprint density at radius 2 is 1.37 bits per heavy atom. The zero-order chi connectivity index (χ0) is 18.5. The quantitative estimate of drug-likeness (QED) is 0.610. The van der Waals surface area contributed by atoms with E-state index in [0.29, 0.717) is 0 Å². The van der Waals surface area contributed by atoms with E-state index in [4.69, 9.17) is 4.74 Å². The lowest BCUT2D eigenvalue weighted by molar-refractivity contribution is -0.161. The van der Waals surface area contributed by atoms with E-state index in [2.05, 4.69) is 17.4 Å². The minimum atomic E-state index is -0.215. The first kappa shape index (κ1) is 17.3. The molecule has 27 heavy (non-hydrogen) atoms. The van der Waals surface area contributed by atoms with Gasteiger partial charge in [0.05, 0.1) is 12.0 Å². The van der Waals surface area contributed by atoms with Crippen LogP contribution in [-0.4, -0.2) is 5.97 Å². The molecule has 0 aliphatic carbocycles. The summed E-state index contributed by atoms with van der Waals surface area (Å²) in [7, 11) is 0. The summed E-state index contributed by atoms with van der Waals surface area (Å²) in [5.74, 6) is -0.347. The molecule has 0 saturated carbocycles. The van der Waals surface area contributed by atoms with E-state index in [0.717, 1.165) is 29.7 Å². The second-order valence-electron chi connectivity index (χ2n) is 6.92. The van der Waals surface area contributed by atoms with Crippen LogP contribution in [0.1, 0.15) is 36.1 Å². The molecular weight excluding hydrogens is 334 g/mol. The smallest absolute Gasteiger partial charge is 0.311 e. The maximum absolute atomic E-state index is 12.9. The van der Waals surface area contributed by atoms with E-state index < -0.39 is 0 Å². The van der Waals surface area contributed by atoms with Crippen molar-refractivity contribution in [3.63, 3.8) is 0 Å². The molecule has 3 nitrogen and oxygen atoms in total. The number of para-hydroxylation sites is 1. The summed E-state index contributed by atoms with van der Waals surface area (Å²) in [5, 5.41) is 3.55. The monoisotopic (exact) mass is 357 g/mol. The molecule has 3 unspecified atom stereocenters. The lowest BCUT2D eigenvalue weighted by atomic mass is 9.85. The SMILES string of the molecule is O=C1OC(c2ccccc2)CCC1C(Nc1ccccc1)c1ccccc1. The molecule has 4 rings (SSSR count). The van der Waals surface area contributed by atoms with Crippen molar-refractivity contribution in [1.29, 1.82) is 0 Å². The van der Waals surface area contributed by atoms with E-state index in [1.165, 1.54) is 0 Å². The van der Waals surface area contributed by atoms with Crippen LogP contribution >= 0.6 is 0 Å². The van der Waals surface area contributed by atoms with E-state index in [1.807, 2.05) is 78.9 Å². The van der Waals surface area contributed by atoms with Crippen molar-refractivity contribution < 1.29 is 9.53 Å². The van der Waals surface area contributed by atoms with Crippen molar-refractivity contribution in [2.75, 3.05) is 5.32 Å². The number of cyclic esters (lactones) is 1. The van der Waals surface area contributed by atoms with Gasteiger partial charge in [0.15, 0.2) is 0 Å². The third kappa shape index (κ3) is 4.03. The maximum Gasteiger partial charge on any atom is 0.311 e. The number of rotatable bonds is 5. The molecule has 1 fully saturated rings. The van der Waals surface area contributed by atoms with Crippen LogP contribution in [-0.2, 0) is 9.53 Å². The maximum atomic E-state index is 12.9. The van der Waals surface area contributed by atoms with Gasteiger partial charge in [-0.3, -0.25) is 4.79 Å². The molecule has 3 aromatic carbocycles. The molecule has 1 N–H and O–H groups in total. The molecule has 0 amide bonds. The number of carbonyl (C=O) groups excluding carboxylic acids is 1. The standard InChI is InChI=1S/C24H23NO2/c26-24-21(16-17-22(27-24)18-10-4-1-5-11-18)23(19-12-6-2-7-13-19)25-20-14-8-3-9-15-20/h1-15,21-23,25H,16-17H2. The molecule has 0 bridgehead atoms. The highest BCUT2D eigenvalue weighted by Gasteiger charge is 2.37. The molecule has 3 aromatic rings. The predicted octanol–water partition coefficient (Wildman–Crippen LogP) is 5.53. The number of hydrogen-bond donors (Lipinski definition) is 1. The Balaban J connectivity index is 1.56. The Bertz CT molecular complexity index is 865. The summed E-state index contributed by atoms with van der Waals surface area (Å²) >= 11 is 0. The highest BCUT2D eigenvalue weighted by atomic mass is 16.5.